The fourth-order valence-electron chi connectivity index (χ4n) is 3.38. The first kappa shape index (κ1) is 21.2. The summed E-state index contributed by atoms with van der Waals surface area (Å²) in [5.41, 5.74) is 9.00. The highest BCUT2D eigenvalue weighted by Crippen LogP contribution is 2.22. The van der Waals surface area contributed by atoms with Gasteiger partial charge in [0.25, 0.3) is 5.91 Å². The number of carbonyl (C=O) groups is 2. The Morgan fingerprint density at radius 1 is 1.13 bits per heavy atom. The van der Waals surface area contributed by atoms with Gasteiger partial charge in [-0.2, -0.15) is 5.10 Å². The Morgan fingerprint density at radius 2 is 1.90 bits per heavy atom. The zero-order valence-electron chi connectivity index (χ0n) is 17.8. The predicted molar refractivity (Wildman–Crippen MR) is 112 cm³/mol. The highest BCUT2D eigenvalue weighted by atomic mass is 16.5. The molecule has 2 heterocycles. The summed E-state index contributed by atoms with van der Waals surface area (Å²) >= 11 is 0. The van der Waals surface area contributed by atoms with Crippen molar-refractivity contribution in [3.63, 3.8) is 0 Å². The molecule has 0 saturated heterocycles. The van der Waals surface area contributed by atoms with Crippen molar-refractivity contribution in [1.29, 1.82) is 0 Å². The monoisotopic (exact) mass is 410 g/mol. The van der Waals surface area contributed by atoms with E-state index in [9.17, 15) is 9.59 Å². The number of aryl methyl sites for hydroxylation is 3. The molecule has 0 bridgehead atoms. The molecule has 3 aromatic rings. The van der Waals surface area contributed by atoms with Crippen LogP contribution in [-0.2, 0) is 11.2 Å². The molecule has 2 amide bonds. The molecule has 0 unspecified atom stereocenters. The van der Waals surface area contributed by atoms with Crippen LogP contribution in [0.4, 0.5) is 0 Å². The predicted octanol–water partition coefficient (Wildman–Crippen LogP) is 3.10. The van der Waals surface area contributed by atoms with E-state index in [4.69, 9.17) is 9.15 Å². The van der Waals surface area contributed by atoms with Crippen molar-refractivity contribution < 1.29 is 18.7 Å². The normalized spacial score (nSPS) is 10.7. The van der Waals surface area contributed by atoms with Gasteiger partial charge in [-0.1, -0.05) is 6.07 Å². The van der Waals surface area contributed by atoms with Crippen molar-refractivity contribution in [3.05, 3.63) is 64.4 Å². The molecular weight excluding hydrogens is 384 g/mol. The number of nitrogens with one attached hydrogen (secondary N) is 2. The van der Waals surface area contributed by atoms with Crippen LogP contribution in [0.3, 0.4) is 0 Å². The van der Waals surface area contributed by atoms with E-state index in [1.54, 1.807) is 27.0 Å². The van der Waals surface area contributed by atoms with Crippen LogP contribution in [0, 0.1) is 27.7 Å². The van der Waals surface area contributed by atoms with E-state index in [2.05, 4.69) is 16.0 Å². The van der Waals surface area contributed by atoms with Crippen LogP contribution >= 0.6 is 0 Å². The van der Waals surface area contributed by atoms with Crippen molar-refractivity contribution in [3.8, 4) is 11.4 Å². The smallest absolute Gasteiger partial charge is 0.273 e. The van der Waals surface area contributed by atoms with E-state index < -0.39 is 5.91 Å². The van der Waals surface area contributed by atoms with E-state index in [0.29, 0.717) is 23.5 Å². The molecule has 0 aliphatic carbocycles. The lowest BCUT2D eigenvalue weighted by atomic mass is 10.1. The molecule has 30 heavy (non-hydrogen) atoms. The Hall–Kier alpha value is -3.55. The first-order chi connectivity index (χ1) is 14.3. The molecule has 1 aromatic carbocycles. The zero-order valence-corrected chi connectivity index (χ0v) is 17.8. The Kier molecular flexibility index (Phi) is 6.25. The summed E-state index contributed by atoms with van der Waals surface area (Å²) in [6.07, 6.45) is 0.725. The molecule has 2 aromatic heterocycles. The average Bonchev–Trinajstić information content (AvgIpc) is 3.22. The van der Waals surface area contributed by atoms with Crippen LogP contribution in [0.5, 0.6) is 5.75 Å². The summed E-state index contributed by atoms with van der Waals surface area (Å²) in [6, 6.07) is 9.28. The number of ether oxygens (including phenoxy) is 1. The number of amides is 2. The SMILES string of the molecule is COc1cccc(-n2nc(C)c(CCC(=O)NNC(=O)c3cc(C)oc3C)c2C)c1. The molecular formula is C22H26N4O4. The first-order valence-electron chi connectivity index (χ1n) is 9.66. The second-order valence-electron chi connectivity index (χ2n) is 7.09. The largest absolute Gasteiger partial charge is 0.497 e. The molecule has 8 heteroatoms. The number of nitrogens with zero attached hydrogens (tertiary/aromatic N) is 2. The number of methoxy groups -OCH3 is 1. The van der Waals surface area contributed by atoms with Gasteiger partial charge in [0.05, 0.1) is 24.1 Å². The Balaban J connectivity index is 1.61. The van der Waals surface area contributed by atoms with Gasteiger partial charge >= 0.3 is 0 Å². The summed E-state index contributed by atoms with van der Waals surface area (Å²) < 4.78 is 12.5. The molecule has 158 valence electrons. The van der Waals surface area contributed by atoms with E-state index in [0.717, 1.165) is 28.4 Å². The maximum Gasteiger partial charge on any atom is 0.273 e. The summed E-state index contributed by atoms with van der Waals surface area (Å²) in [5, 5.41) is 4.61. The van der Waals surface area contributed by atoms with Gasteiger partial charge in [0.2, 0.25) is 5.91 Å². The minimum absolute atomic E-state index is 0.217. The third-order valence-corrected chi connectivity index (χ3v) is 4.94. The van der Waals surface area contributed by atoms with E-state index in [-0.39, 0.29) is 12.3 Å². The van der Waals surface area contributed by atoms with E-state index in [1.165, 1.54) is 0 Å². The lowest BCUT2D eigenvalue weighted by Gasteiger charge is -2.08. The Bertz CT molecular complexity index is 1080. The standard InChI is InChI=1S/C22H26N4O4/c1-13-11-20(16(4)30-13)22(28)24-23-21(27)10-9-19-14(2)25-26(15(19)3)17-7-6-8-18(12-17)29-5/h6-8,11-12H,9-10H2,1-5H3,(H,23,27)(H,24,28). The fraction of sp³-hybridized carbons (Fsp3) is 0.318. The van der Waals surface area contributed by atoms with Gasteiger partial charge in [0, 0.05) is 18.2 Å². The van der Waals surface area contributed by atoms with Crippen molar-refractivity contribution in [2.45, 2.75) is 40.5 Å². The van der Waals surface area contributed by atoms with Crippen molar-refractivity contribution in [1.82, 2.24) is 20.6 Å². The van der Waals surface area contributed by atoms with E-state index >= 15 is 0 Å². The van der Waals surface area contributed by atoms with Gasteiger partial charge in [-0.15, -0.1) is 0 Å². The Morgan fingerprint density at radius 3 is 2.57 bits per heavy atom. The summed E-state index contributed by atoms with van der Waals surface area (Å²) in [6.45, 7) is 7.36. The van der Waals surface area contributed by atoms with Crippen molar-refractivity contribution >= 4 is 11.8 Å². The van der Waals surface area contributed by atoms with Crippen LogP contribution in [0.15, 0.2) is 34.7 Å². The maximum atomic E-state index is 12.2. The number of hydrazine groups is 1. The molecule has 0 aliphatic rings. The number of carbonyl (C=O) groups excluding carboxylic acids is 2. The topological polar surface area (TPSA) is 98.4 Å². The number of rotatable bonds is 6. The quantitative estimate of drug-likeness (QED) is 0.609. The molecule has 3 rings (SSSR count). The van der Waals surface area contributed by atoms with Crippen LogP contribution in [-0.4, -0.2) is 28.7 Å². The Labute approximate surface area is 175 Å². The van der Waals surface area contributed by atoms with Crippen molar-refractivity contribution in [2.75, 3.05) is 7.11 Å². The number of aromatic nitrogens is 2. The molecule has 0 radical (unpaired) electrons. The lowest BCUT2D eigenvalue weighted by molar-refractivity contribution is -0.121. The maximum absolute atomic E-state index is 12.2. The number of hydrogen-bond donors (Lipinski definition) is 2. The van der Waals surface area contributed by atoms with Gasteiger partial charge in [-0.25, -0.2) is 4.68 Å². The van der Waals surface area contributed by atoms with Gasteiger partial charge in [-0.05, 0) is 57.9 Å². The first-order valence-corrected chi connectivity index (χ1v) is 9.66. The van der Waals surface area contributed by atoms with Gasteiger partial charge < -0.3 is 9.15 Å². The van der Waals surface area contributed by atoms with Crippen LogP contribution < -0.4 is 15.6 Å². The lowest BCUT2D eigenvalue weighted by Crippen LogP contribution is -2.41. The summed E-state index contributed by atoms with van der Waals surface area (Å²) in [5.74, 6) is 1.21. The average molecular weight is 410 g/mol. The van der Waals surface area contributed by atoms with Crippen LogP contribution in [0.1, 0.15) is 45.3 Å². The third kappa shape index (κ3) is 4.53. The molecule has 8 nitrogen and oxygen atoms in total. The summed E-state index contributed by atoms with van der Waals surface area (Å²) in [4.78, 5) is 24.4. The van der Waals surface area contributed by atoms with Gasteiger partial charge in [0.1, 0.15) is 17.3 Å². The van der Waals surface area contributed by atoms with Gasteiger partial charge in [0.15, 0.2) is 0 Å². The zero-order chi connectivity index (χ0) is 21.8. The minimum atomic E-state index is -0.407. The van der Waals surface area contributed by atoms with Crippen LogP contribution in [0.25, 0.3) is 5.69 Å². The molecule has 0 aliphatic heterocycles. The third-order valence-electron chi connectivity index (χ3n) is 4.94. The second-order valence-corrected chi connectivity index (χ2v) is 7.09. The van der Waals surface area contributed by atoms with Gasteiger partial charge in [-0.3, -0.25) is 20.4 Å². The number of hydrogen-bond acceptors (Lipinski definition) is 5. The highest BCUT2D eigenvalue weighted by molar-refractivity contribution is 5.96. The summed E-state index contributed by atoms with van der Waals surface area (Å²) in [7, 11) is 1.62. The van der Waals surface area contributed by atoms with Crippen LogP contribution in [0.2, 0.25) is 0 Å². The fourth-order valence-corrected chi connectivity index (χ4v) is 3.38. The highest BCUT2D eigenvalue weighted by Gasteiger charge is 2.16. The second kappa shape index (κ2) is 8.86. The molecule has 0 saturated carbocycles. The van der Waals surface area contributed by atoms with Crippen molar-refractivity contribution in [2.24, 2.45) is 0 Å². The van der Waals surface area contributed by atoms with E-state index in [1.807, 2.05) is 42.8 Å². The number of benzene rings is 1. The number of furan rings is 1. The molecule has 0 atom stereocenters. The minimum Gasteiger partial charge on any atom is -0.497 e. The molecule has 2 N–H and O–H groups in total. The molecule has 0 fully saturated rings. The molecule has 0 spiro atoms.